The van der Waals surface area contributed by atoms with Crippen molar-refractivity contribution in [3.05, 3.63) is 33.8 Å². The van der Waals surface area contributed by atoms with E-state index in [-0.39, 0.29) is 0 Å². The van der Waals surface area contributed by atoms with Gasteiger partial charge in [0, 0.05) is 17.1 Å². The largest absolute Gasteiger partial charge is 0.299 e. The van der Waals surface area contributed by atoms with Gasteiger partial charge in [0.1, 0.15) is 0 Å². The molecule has 0 spiro atoms. The zero-order chi connectivity index (χ0) is 12.5. The van der Waals surface area contributed by atoms with Gasteiger partial charge in [0.2, 0.25) is 0 Å². The summed E-state index contributed by atoms with van der Waals surface area (Å²) in [6.07, 6.45) is 8.33. The molecule has 2 aliphatic rings. The summed E-state index contributed by atoms with van der Waals surface area (Å²) in [5.41, 5.74) is 3.15. The molecule has 1 unspecified atom stereocenters. The van der Waals surface area contributed by atoms with Crippen LogP contribution in [0.1, 0.15) is 49.3 Å². The molecule has 1 saturated carbocycles. The molecule has 1 atom stereocenters. The lowest BCUT2D eigenvalue weighted by molar-refractivity contribution is 0.134. The van der Waals surface area contributed by atoms with Gasteiger partial charge < -0.3 is 0 Å². The van der Waals surface area contributed by atoms with Gasteiger partial charge in [-0.3, -0.25) is 4.90 Å². The molecule has 1 aromatic carbocycles. The third kappa shape index (κ3) is 2.25. The Morgan fingerprint density at radius 2 is 1.94 bits per heavy atom. The number of benzene rings is 1. The Bertz CT molecular complexity index is 423. The lowest BCUT2D eigenvalue weighted by atomic mass is 9.77. The standard InChI is InChI=1S/C16H22BrN/c1-18-11-10-13-14(8-5-9-15(13)17)16(18)12-6-3-2-4-7-12/h5,8-9,12,16H,2-4,6-7,10-11H2,1H3. The monoisotopic (exact) mass is 307 g/mol. The van der Waals surface area contributed by atoms with Crippen molar-refractivity contribution < 1.29 is 0 Å². The average Bonchev–Trinajstić information content (AvgIpc) is 2.40. The van der Waals surface area contributed by atoms with Gasteiger partial charge in [0.15, 0.2) is 0 Å². The molecule has 0 aromatic heterocycles. The fraction of sp³-hybridized carbons (Fsp3) is 0.625. The van der Waals surface area contributed by atoms with Gasteiger partial charge in [-0.15, -0.1) is 0 Å². The predicted octanol–water partition coefficient (Wildman–Crippen LogP) is 4.56. The molecule has 0 amide bonds. The van der Waals surface area contributed by atoms with Crippen molar-refractivity contribution >= 4 is 15.9 Å². The van der Waals surface area contributed by atoms with Gasteiger partial charge in [-0.25, -0.2) is 0 Å². The van der Waals surface area contributed by atoms with Gasteiger partial charge in [-0.05, 0) is 49.4 Å². The summed E-state index contributed by atoms with van der Waals surface area (Å²) < 4.78 is 1.31. The molecule has 0 saturated heterocycles. The normalized spacial score (nSPS) is 26.0. The maximum atomic E-state index is 3.73. The first-order chi connectivity index (χ1) is 8.77. The quantitative estimate of drug-likeness (QED) is 0.735. The van der Waals surface area contributed by atoms with Crippen LogP contribution in [0, 0.1) is 5.92 Å². The molecule has 3 rings (SSSR count). The molecule has 1 aliphatic carbocycles. The van der Waals surface area contributed by atoms with Crippen LogP contribution in [-0.4, -0.2) is 18.5 Å². The number of hydrogen-bond acceptors (Lipinski definition) is 1. The molecule has 0 N–H and O–H groups in total. The van der Waals surface area contributed by atoms with Crippen LogP contribution in [0.25, 0.3) is 0 Å². The summed E-state index contributed by atoms with van der Waals surface area (Å²) in [5, 5.41) is 0. The fourth-order valence-corrected chi connectivity index (χ4v) is 4.42. The molecule has 1 fully saturated rings. The molecule has 98 valence electrons. The van der Waals surface area contributed by atoms with Crippen molar-refractivity contribution in [3.63, 3.8) is 0 Å². The number of nitrogens with zero attached hydrogens (tertiary/aromatic N) is 1. The van der Waals surface area contributed by atoms with Gasteiger partial charge in [-0.2, -0.15) is 0 Å². The van der Waals surface area contributed by atoms with E-state index >= 15 is 0 Å². The van der Waals surface area contributed by atoms with Crippen molar-refractivity contribution in [1.82, 2.24) is 4.90 Å². The topological polar surface area (TPSA) is 3.24 Å². The highest BCUT2D eigenvalue weighted by atomic mass is 79.9. The van der Waals surface area contributed by atoms with E-state index in [1.807, 2.05) is 0 Å². The van der Waals surface area contributed by atoms with Gasteiger partial charge in [0.25, 0.3) is 0 Å². The molecule has 1 heterocycles. The van der Waals surface area contributed by atoms with E-state index in [0.29, 0.717) is 6.04 Å². The Morgan fingerprint density at radius 3 is 2.72 bits per heavy atom. The molecule has 1 aromatic rings. The van der Waals surface area contributed by atoms with Crippen molar-refractivity contribution in [3.8, 4) is 0 Å². The van der Waals surface area contributed by atoms with Crippen LogP contribution in [0.4, 0.5) is 0 Å². The number of fused-ring (bicyclic) bond motifs is 1. The molecular formula is C16H22BrN. The Labute approximate surface area is 119 Å². The van der Waals surface area contributed by atoms with Crippen molar-refractivity contribution in [2.45, 2.75) is 44.6 Å². The molecule has 2 heteroatoms. The minimum absolute atomic E-state index is 0.659. The summed E-state index contributed by atoms with van der Waals surface area (Å²) in [6, 6.07) is 7.42. The Morgan fingerprint density at radius 1 is 1.17 bits per heavy atom. The van der Waals surface area contributed by atoms with Crippen LogP contribution in [0.15, 0.2) is 22.7 Å². The lowest BCUT2D eigenvalue weighted by Crippen LogP contribution is -2.37. The molecule has 1 aliphatic heterocycles. The zero-order valence-corrected chi connectivity index (χ0v) is 12.7. The van der Waals surface area contributed by atoms with Crippen LogP contribution in [0.2, 0.25) is 0 Å². The number of rotatable bonds is 1. The van der Waals surface area contributed by atoms with Gasteiger partial charge in [0.05, 0.1) is 0 Å². The minimum Gasteiger partial charge on any atom is -0.299 e. The summed E-state index contributed by atoms with van der Waals surface area (Å²) in [5.74, 6) is 0.872. The van der Waals surface area contributed by atoms with Crippen molar-refractivity contribution in [2.24, 2.45) is 5.92 Å². The molecule has 0 radical (unpaired) electrons. The molecule has 0 bridgehead atoms. The van der Waals surface area contributed by atoms with Crippen molar-refractivity contribution in [2.75, 3.05) is 13.6 Å². The summed E-state index contributed by atoms with van der Waals surface area (Å²) in [4.78, 5) is 2.59. The van der Waals surface area contributed by atoms with Crippen molar-refractivity contribution in [1.29, 1.82) is 0 Å². The van der Waals surface area contributed by atoms with E-state index in [9.17, 15) is 0 Å². The maximum Gasteiger partial charge on any atom is 0.0376 e. The third-order valence-electron chi connectivity index (χ3n) is 4.76. The highest BCUT2D eigenvalue weighted by molar-refractivity contribution is 9.10. The van der Waals surface area contributed by atoms with Crippen LogP contribution in [0.3, 0.4) is 0 Å². The maximum absolute atomic E-state index is 3.73. The first-order valence-corrected chi connectivity index (χ1v) is 8.04. The van der Waals surface area contributed by atoms with E-state index in [2.05, 4.69) is 46.1 Å². The van der Waals surface area contributed by atoms with Crippen LogP contribution in [-0.2, 0) is 6.42 Å². The van der Waals surface area contributed by atoms with Crippen LogP contribution in [0.5, 0.6) is 0 Å². The molecule has 1 nitrogen and oxygen atoms in total. The van der Waals surface area contributed by atoms with Gasteiger partial charge in [-0.1, -0.05) is 47.3 Å². The molecule has 18 heavy (non-hydrogen) atoms. The van der Waals surface area contributed by atoms with E-state index in [0.717, 1.165) is 5.92 Å². The lowest BCUT2D eigenvalue weighted by Gasteiger charge is -2.41. The number of hydrogen-bond donors (Lipinski definition) is 0. The molecular weight excluding hydrogens is 286 g/mol. The zero-order valence-electron chi connectivity index (χ0n) is 11.2. The fourth-order valence-electron chi connectivity index (χ4n) is 3.84. The highest BCUT2D eigenvalue weighted by Crippen LogP contribution is 2.42. The van der Waals surface area contributed by atoms with E-state index in [1.54, 1.807) is 11.1 Å². The van der Waals surface area contributed by atoms with E-state index in [4.69, 9.17) is 0 Å². The first-order valence-electron chi connectivity index (χ1n) is 7.25. The SMILES string of the molecule is CN1CCc2c(Br)cccc2C1C1CCCCC1. The Kier molecular flexibility index (Phi) is 3.76. The summed E-state index contributed by atoms with van der Waals surface area (Å²) in [7, 11) is 2.31. The van der Waals surface area contributed by atoms with Crippen LogP contribution >= 0.6 is 15.9 Å². The number of likely N-dealkylation sites (N-methyl/N-ethyl adjacent to an activating group) is 1. The Balaban J connectivity index is 1.96. The Hall–Kier alpha value is -0.340. The smallest absolute Gasteiger partial charge is 0.0376 e. The van der Waals surface area contributed by atoms with Crippen LogP contribution < -0.4 is 0 Å². The minimum atomic E-state index is 0.659. The average molecular weight is 308 g/mol. The predicted molar refractivity (Wildman–Crippen MR) is 79.8 cm³/mol. The first kappa shape index (κ1) is 12.7. The second kappa shape index (κ2) is 5.34. The summed E-state index contributed by atoms with van der Waals surface area (Å²) >= 11 is 3.73. The second-order valence-corrected chi connectivity index (χ2v) is 6.74. The van der Waals surface area contributed by atoms with E-state index < -0.39 is 0 Å². The van der Waals surface area contributed by atoms with Gasteiger partial charge >= 0.3 is 0 Å². The van der Waals surface area contributed by atoms with E-state index in [1.165, 1.54) is 49.5 Å². The highest BCUT2D eigenvalue weighted by Gasteiger charge is 2.32. The number of halogens is 1. The third-order valence-corrected chi connectivity index (χ3v) is 5.50. The summed E-state index contributed by atoms with van der Waals surface area (Å²) in [6.45, 7) is 1.21. The second-order valence-electron chi connectivity index (χ2n) is 5.88.